The van der Waals surface area contributed by atoms with Crippen LogP contribution in [0.5, 0.6) is 11.5 Å². The molecule has 0 saturated carbocycles. The van der Waals surface area contributed by atoms with Gasteiger partial charge in [-0.2, -0.15) is 8.78 Å². The van der Waals surface area contributed by atoms with Crippen LogP contribution in [0.2, 0.25) is 0 Å². The van der Waals surface area contributed by atoms with Crippen molar-refractivity contribution in [3.63, 3.8) is 0 Å². The van der Waals surface area contributed by atoms with E-state index < -0.39 is 12.6 Å². The molecule has 0 radical (unpaired) electrons. The highest BCUT2D eigenvalue weighted by atomic mass is 19.3. The molecule has 1 unspecified atom stereocenters. The summed E-state index contributed by atoms with van der Waals surface area (Å²) < 4.78 is 35.5. The van der Waals surface area contributed by atoms with Crippen molar-refractivity contribution in [2.75, 3.05) is 26.7 Å². The number of benzene rings is 2. The number of piperidine rings is 1. The Hall–Kier alpha value is -3.46. The molecule has 2 aromatic carbocycles. The molecule has 2 aromatic rings. The third-order valence-corrected chi connectivity index (χ3v) is 6.04. The van der Waals surface area contributed by atoms with Crippen LogP contribution in [0.1, 0.15) is 24.0 Å². The first-order chi connectivity index (χ1) is 16.4. The molecule has 2 heterocycles. The number of carboxylic acids is 1. The third kappa shape index (κ3) is 5.72. The van der Waals surface area contributed by atoms with E-state index in [1.165, 1.54) is 11.6 Å². The summed E-state index contributed by atoms with van der Waals surface area (Å²) in [6.07, 6.45) is 2.95. The molecule has 0 spiro atoms. The Labute approximate surface area is 196 Å². The molecular weight excluding hydrogens is 444 g/mol. The zero-order chi connectivity index (χ0) is 24.1. The lowest BCUT2D eigenvalue weighted by Gasteiger charge is -2.41. The van der Waals surface area contributed by atoms with E-state index in [9.17, 15) is 13.6 Å². The molecule has 2 aliphatic heterocycles. The number of aliphatic imine (C=N–C) groups is 1. The average Bonchev–Trinajstić information content (AvgIpc) is 2.82. The van der Waals surface area contributed by atoms with Crippen LogP contribution in [0, 0.1) is 0 Å². The first-order valence-corrected chi connectivity index (χ1v) is 11.1. The number of hydrogen-bond donors (Lipinski definition) is 1. The molecule has 9 heteroatoms. The van der Waals surface area contributed by atoms with E-state index in [1.807, 2.05) is 37.5 Å². The quantitative estimate of drug-likeness (QED) is 0.596. The Bertz CT molecular complexity index is 1070. The summed E-state index contributed by atoms with van der Waals surface area (Å²) in [5.74, 6) is 0.784. The summed E-state index contributed by atoms with van der Waals surface area (Å²) in [6.45, 7) is -0.672. The number of rotatable bonds is 9. The van der Waals surface area contributed by atoms with Gasteiger partial charge in [-0.15, -0.1) is 0 Å². The van der Waals surface area contributed by atoms with Crippen molar-refractivity contribution in [1.82, 2.24) is 9.80 Å². The molecule has 0 aliphatic carbocycles. The second-order valence-corrected chi connectivity index (χ2v) is 8.29. The number of carbonyl (C=O) groups is 1. The van der Waals surface area contributed by atoms with Crippen molar-refractivity contribution in [3.8, 4) is 11.5 Å². The van der Waals surface area contributed by atoms with Crippen LogP contribution < -0.4 is 9.47 Å². The maximum Gasteiger partial charge on any atom is 0.387 e. The summed E-state index contributed by atoms with van der Waals surface area (Å²) in [4.78, 5) is 19.8. The Morgan fingerprint density at radius 1 is 1.21 bits per heavy atom. The van der Waals surface area contributed by atoms with E-state index >= 15 is 0 Å². The van der Waals surface area contributed by atoms with Crippen LogP contribution in [0.25, 0.3) is 0 Å². The molecule has 1 fully saturated rings. The van der Waals surface area contributed by atoms with Gasteiger partial charge in [-0.05, 0) is 42.3 Å². The van der Waals surface area contributed by atoms with E-state index in [4.69, 9.17) is 9.84 Å². The van der Waals surface area contributed by atoms with Crippen molar-refractivity contribution >= 4 is 11.8 Å². The fourth-order valence-corrected chi connectivity index (χ4v) is 4.30. The standard InChI is InChI=1S/C25H27F2N3O4/c1-29-21-10-12-30(13-11-23(31)32)15-19(21)14-28-24(29)17-6-8-20(9-7-17)33-16-18-4-2-3-5-22(18)34-25(26)27/h2-9,14,21,25H,10-13,15-16H2,1H3,(H,31,32). The highest BCUT2D eigenvalue weighted by Gasteiger charge is 2.31. The average molecular weight is 472 g/mol. The number of aliphatic carboxylic acids is 1. The molecule has 0 aromatic heterocycles. The maximum absolute atomic E-state index is 12.6. The van der Waals surface area contributed by atoms with Gasteiger partial charge < -0.3 is 19.5 Å². The fourth-order valence-electron chi connectivity index (χ4n) is 4.30. The van der Waals surface area contributed by atoms with Crippen LogP contribution in [0.4, 0.5) is 8.78 Å². The Morgan fingerprint density at radius 2 is 1.97 bits per heavy atom. The van der Waals surface area contributed by atoms with Gasteiger partial charge in [0.15, 0.2) is 0 Å². The molecule has 1 atom stereocenters. The van der Waals surface area contributed by atoms with Gasteiger partial charge in [0, 0.05) is 44.0 Å². The molecule has 4 rings (SSSR count). The van der Waals surface area contributed by atoms with Gasteiger partial charge in [0.05, 0.1) is 12.5 Å². The van der Waals surface area contributed by atoms with Crippen LogP contribution >= 0.6 is 0 Å². The molecule has 2 aliphatic rings. The lowest BCUT2D eigenvalue weighted by molar-refractivity contribution is -0.137. The van der Waals surface area contributed by atoms with Crippen molar-refractivity contribution in [2.45, 2.75) is 32.1 Å². The molecular formula is C25H27F2N3O4. The predicted molar refractivity (Wildman–Crippen MR) is 123 cm³/mol. The molecule has 0 amide bonds. The first-order valence-electron chi connectivity index (χ1n) is 11.1. The number of likely N-dealkylation sites (tertiary alicyclic amines) is 1. The number of para-hydroxylation sites is 1. The zero-order valence-corrected chi connectivity index (χ0v) is 18.9. The SMILES string of the molecule is CN1C(c2ccc(OCc3ccccc3OC(F)F)cc2)=NC=C2CN(CCC(=O)O)CCC21. The Kier molecular flexibility index (Phi) is 7.42. The van der Waals surface area contributed by atoms with E-state index in [0.29, 0.717) is 17.9 Å². The number of likely N-dealkylation sites (N-methyl/N-ethyl adjacent to an activating group) is 1. The van der Waals surface area contributed by atoms with Gasteiger partial charge in [-0.25, -0.2) is 4.99 Å². The minimum Gasteiger partial charge on any atom is -0.489 e. The van der Waals surface area contributed by atoms with Gasteiger partial charge in [0.1, 0.15) is 23.9 Å². The number of fused-ring (bicyclic) bond motifs is 1. The number of amidine groups is 1. The van der Waals surface area contributed by atoms with Gasteiger partial charge in [0.2, 0.25) is 0 Å². The topological polar surface area (TPSA) is 74.6 Å². The number of ether oxygens (including phenoxy) is 2. The van der Waals surface area contributed by atoms with Gasteiger partial charge in [0.25, 0.3) is 0 Å². The number of hydrogen-bond acceptors (Lipinski definition) is 6. The van der Waals surface area contributed by atoms with Gasteiger partial charge in [-0.3, -0.25) is 9.69 Å². The fraction of sp³-hybridized carbons (Fsp3) is 0.360. The predicted octanol–water partition coefficient (Wildman–Crippen LogP) is 3.99. The Morgan fingerprint density at radius 3 is 2.71 bits per heavy atom. The van der Waals surface area contributed by atoms with Crippen LogP contribution in [-0.2, 0) is 11.4 Å². The third-order valence-electron chi connectivity index (χ3n) is 6.04. The van der Waals surface area contributed by atoms with E-state index in [1.54, 1.807) is 18.2 Å². The van der Waals surface area contributed by atoms with Crippen LogP contribution in [-0.4, -0.2) is 66.0 Å². The maximum atomic E-state index is 12.6. The van der Waals surface area contributed by atoms with Crippen molar-refractivity contribution < 1.29 is 28.2 Å². The number of nitrogens with zero attached hydrogens (tertiary/aromatic N) is 3. The second-order valence-electron chi connectivity index (χ2n) is 8.29. The Balaban J connectivity index is 1.40. The molecule has 1 saturated heterocycles. The summed E-state index contributed by atoms with van der Waals surface area (Å²) in [5.41, 5.74) is 2.67. The largest absolute Gasteiger partial charge is 0.489 e. The summed E-state index contributed by atoms with van der Waals surface area (Å²) >= 11 is 0. The number of carboxylic acid groups (broad SMARTS) is 1. The summed E-state index contributed by atoms with van der Waals surface area (Å²) in [7, 11) is 2.02. The molecule has 180 valence electrons. The van der Waals surface area contributed by atoms with Crippen LogP contribution in [0.15, 0.2) is 65.3 Å². The minimum absolute atomic E-state index is 0.101. The van der Waals surface area contributed by atoms with Crippen LogP contribution in [0.3, 0.4) is 0 Å². The highest BCUT2D eigenvalue weighted by Crippen LogP contribution is 2.28. The van der Waals surface area contributed by atoms with Crippen molar-refractivity contribution in [2.24, 2.45) is 4.99 Å². The zero-order valence-electron chi connectivity index (χ0n) is 18.9. The molecule has 1 N–H and O–H groups in total. The molecule has 7 nitrogen and oxygen atoms in total. The lowest BCUT2D eigenvalue weighted by atomic mass is 9.95. The van der Waals surface area contributed by atoms with Crippen molar-refractivity contribution in [1.29, 1.82) is 0 Å². The smallest absolute Gasteiger partial charge is 0.387 e. The molecule has 0 bridgehead atoms. The van der Waals surface area contributed by atoms with Gasteiger partial charge >= 0.3 is 12.6 Å². The minimum atomic E-state index is -2.89. The number of halogens is 2. The lowest BCUT2D eigenvalue weighted by Crippen LogP contribution is -2.49. The van der Waals surface area contributed by atoms with E-state index in [0.717, 1.165) is 30.9 Å². The summed E-state index contributed by atoms with van der Waals surface area (Å²) in [5, 5.41) is 8.92. The van der Waals surface area contributed by atoms with Gasteiger partial charge in [-0.1, -0.05) is 18.2 Å². The number of alkyl halides is 2. The normalized spacial score (nSPS) is 18.2. The van der Waals surface area contributed by atoms with Crippen molar-refractivity contribution in [3.05, 3.63) is 71.4 Å². The first kappa shape index (κ1) is 23.7. The monoisotopic (exact) mass is 471 g/mol. The van der Waals surface area contributed by atoms with E-state index in [2.05, 4.69) is 19.5 Å². The molecule has 34 heavy (non-hydrogen) atoms. The second kappa shape index (κ2) is 10.6. The highest BCUT2D eigenvalue weighted by molar-refractivity contribution is 6.00. The summed E-state index contributed by atoms with van der Waals surface area (Å²) in [6, 6.07) is 14.3. The van der Waals surface area contributed by atoms with E-state index in [-0.39, 0.29) is 24.8 Å².